The summed E-state index contributed by atoms with van der Waals surface area (Å²) in [7, 11) is 0. The Kier molecular flexibility index (Phi) is 2.59. The van der Waals surface area contributed by atoms with Gasteiger partial charge in [-0.15, -0.1) is 0 Å². The van der Waals surface area contributed by atoms with E-state index in [9.17, 15) is 0 Å². The Morgan fingerprint density at radius 2 is 1.89 bits per heavy atom. The Hall–Kier alpha value is -1.90. The molecule has 3 rings (SSSR count). The molecule has 0 amide bonds. The number of dihydropyridines is 1. The molecule has 2 N–H and O–H groups in total. The number of fused-ring (bicyclic) bond motifs is 2. The quantitative estimate of drug-likeness (QED) is 0.731. The highest BCUT2D eigenvalue weighted by Crippen LogP contribution is 2.37. The van der Waals surface area contributed by atoms with Crippen molar-refractivity contribution in [3.05, 3.63) is 40.5 Å². The van der Waals surface area contributed by atoms with E-state index in [0.29, 0.717) is 5.71 Å². The fourth-order valence-electron chi connectivity index (χ4n) is 3.19. The van der Waals surface area contributed by atoms with Crippen molar-refractivity contribution in [3.8, 4) is 0 Å². The first kappa shape index (κ1) is 12.2. The van der Waals surface area contributed by atoms with E-state index in [2.05, 4.69) is 49.3 Å². The van der Waals surface area contributed by atoms with E-state index in [0.717, 1.165) is 17.0 Å². The maximum Gasteiger partial charge on any atom is 0.131 e. The molecule has 2 atom stereocenters. The van der Waals surface area contributed by atoms with Gasteiger partial charge >= 0.3 is 0 Å². The van der Waals surface area contributed by atoms with Gasteiger partial charge in [-0.25, -0.2) is 0 Å². The first-order valence-electron chi connectivity index (χ1n) is 6.66. The third kappa shape index (κ3) is 1.81. The third-order valence-electron chi connectivity index (χ3n) is 3.96. The molecule has 0 aliphatic carbocycles. The van der Waals surface area contributed by atoms with Crippen LogP contribution in [0.4, 0.5) is 5.69 Å². The maximum absolute atomic E-state index is 8.53. The molecule has 0 saturated heterocycles. The molecule has 2 heterocycles. The number of aliphatic imine (C=N–C) groups is 1. The van der Waals surface area contributed by atoms with Crippen LogP contribution in [0.15, 0.2) is 28.8 Å². The summed E-state index contributed by atoms with van der Waals surface area (Å²) >= 11 is 0. The first-order chi connectivity index (χ1) is 8.97. The van der Waals surface area contributed by atoms with Gasteiger partial charge in [-0.1, -0.05) is 17.2 Å². The molecule has 0 spiro atoms. The maximum atomic E-state index is 8.53. The molecule has 0 bridgehead atoms. The summed E-state index contributed by atoms with van der Waals surface area (Å²) in [5.74, 6) is 0.0670. The van der Waals surface area contributed by atoms with Crippen LogP contribution in [0.5, 0.6) is 0 Å². The Morgan fingerprint density at radius 3 is 2.63 bits per heavy atom. The molecule has 0 saturated carbocycles. The molecule has 2 unspecified atom stereocenters. The predicted molar refractivity (Wildman–Crippen MR) is 80.5 cm³/mol. The van der Waals surface area contributed by atoms with Crippen molar-refractivity contribution in [1.82, 2.24) is 0 Å². The molecule has 3 heteroatoms. The van der Waals surface area contributed by atoms with Crippen LogP contribution in [0.3, 0.4) is 0 Å². The summed E-state index contributed by atoms with van der Waals surface area (Å²) in [6.07, 6.45) is 2.07. The van der Waals surface area contributed by atoms with Crippen LogP contribution < -0.4 is 5.32 Å². The minimum atomic E-state index is -0.0218. The van der Waals surface area contributed by atoms with E-state index < -0.39 is 0 Å². The second-order valence-electron chi connectivity index (χ2n) is 5.64. The summed E-state index contributed by atoms with van der Waals surface area (Å²) < 4.78 is 0. The van der Waals surface area contributed by atoms with Gasteiger partial charge in [0, 0.05) is 17.0 Å². The summed E-state index contributed by atoms with van der Waals surface area (Å²) in [5, 5.41) is 12.1. The van der Waals surface area contributed by atoms with Gasteiger partial charge in [0.15, 0.2) is 0 Å². The Labute approximate surface area is 114 Å². The van der Waals surface area contributed by atoms with Crippen LogP contribution in [0.2, 0.25) is 0 Å². The lowest BCUT2D eigenvalue weighted by Crippen LogP contribution is -2.41. The van der Waals surface area contributed by atoms with E-state index in [4.69, 9.17) is 5.41 Å². The monoisotopic (exact) mass is 253 g/mol. The van der Waals surface area contributed by atoms with Crippen LogP contribution in [-0.2, 0) is 0 Å². The smallest absolute Gasteiger partial charge is 0.131 e. The largest absolute Gasteiger partial charge is 0.362 e. The number of rotatable bonds is 0. The molecule has 2 aliphatic heterocycles. The number of aryl methyl sites for hydroxylation is 2. The summed E-state index contributed by atoms with van der Waals surface area (Å²) in [5.41, 5.74) is 7.45. The minimum absolute atomic E-state index is 0.0218. The van der Waals surface area contributed by atoms with E-state index in [1.165, 1.54) is 16.7 Å². The Bertz CT molecular complexity index is 638. The van der Waals surface area contributed by atoms with Crippen LogP contribution in [-0.4, -0.2) is 17.6 Å². The van der Waals surface area contributed by atoms with Crippen molar-refractivity contribution in [2.75, 3.05) is 5.32 Å². The Balaban J connectivity index is 2.16. The van der Waals surface area contributed by atoms with Gasteiger partial charge in [-0.3, -0.25) is 4.99 Å². The van der Waals surface area contributed by atoms with Crippen molar-refractivity contribution >= 4 is 17.1 Å². The van der Waals surface area contributed by atoms with E-state index in [1.807, 2.05) is 6.92 Å². The lowest BCUT2D eigenvalue weighted by molar-refractivity contribution is 0.630. The van der Waals surface area contributed by atoms with Crippen LogP contribution in [0.1, 0.15) is 30.5 Å². The van der Waals surface area contributed by atoms with Gasteiger partial charge in [-0.2, -0.15) is 0 Å². The average molecular weight is 253 g/mol. The fraction of sp³-hybridized carbons (Fsp3) is 0.375. The van der Waals surface area contributed by atoms with E-state index in [-0.39, 0.29) is 12.1 Å². The van der Waals surface area contributed by atoms with Gasteiger partial charge in [0.2, 0.25) is 0 Å². The van der Waals surface area contributed by atoms with Crippen molar-refractivity contribution in [1.29, 1.82) is 5.41 Å². The number of anilines is 1. The second-order valence-corrected chi connectivity index (χ2v) is 5.64. The van der Waals surface area contributed by atoms with Crippen molar-refractivity contribution < 1.29 is 0 Å². The van der Waals surface area contributed by atoms with Crippen molar-refractivity contribution in [2.24, 2.45) is 10.9 Å². The summed E-state index contributed by atoms with van der Waals surface area (Å²) in [4.78, 5) is 4.66. The molecule has 0 aromatic heterocycles. The normalized spacial score (nSPS) is 24.9. The SMILES string of the molecule is CC1=CC(C)=NC2Nc3c(C)cc(C)cc3C(=N)C12. The molecule has 1 aromatic carbocycles. The number of hydrogen-bond donors (Lipinski definition) is 2. The van der Waals surface area contributed by atoms with Gasteiger partial charge in [0.05, 0.1) is 11.6 Å². The lowest BCUT2D eigenvalue weighted by Gasteiger charge is -2.37. The van der Waals surface area contributed by atoms with Crippen LogP contribution >= 0.6 is 0 Å². The zero-order valence-corrected chi connectivity index (χ0v) is 11.8. The number of nitrogens with one attached hydrogen (secondary N) is 2. The second kappa shape index (κ2) is 4.05. The van der Waals surface area contributed by atoms with Gasteiger partial charge < -0.3 is 10.7 Å². The third-order valence-corrected chi connectivity index (χ3v) is 3.96. The highest BCUT2D eigenvalue weighted by molar-refractivity contribution is 6.10. The highest BCUT2D eigenvalue weighted by Gasteiger charge is 2.36. The number of hydrogen-bond acceptors (Lipinski definition) is 3. The van der Waals surface area contributed by atoms with Crippen LogP contribution in [0, 0.1) is 25.2 Å². The molecule has 1 aromatic rings. The topological polar surface area (TPSA) is 48.2 Å². The molecule has 19 heavy (non-hydrogen) atoms. The minimum Gasteiger partial charge on any atom is -0.362 e. The molecular weight excluding hydrogens is 234 g/mol. The average Bonchev–Trinajstić information content (AvgIpc) is 2.30. The first-order valence-corrected chi connectivity index (χ1v) is 6.66. The van der Waals surface area contributed by atoms with E-state index >= 15 is 0 Å². The molecule has 0 radical (unpaired) electrons. The molecule has 2 aliphatic rings. The van der Waals surface area contributed by atoms with Gasteiger partial charge in [0.25, 0.3) is 0 Å². The van der Waals surface area contributed by atoms with Crippen molar-refractivity contribution in [3.63, 3.8) is 0 Å². The van der Waals surface area contributed by atoms with Crippen LogP contribution in [0.25, 0.3) is 0 Å². The molecule has 0 fully saturated rings. The zero-order valence-electron chi connectivity index (χ0n) is 11.8. The molecule has 3 nitrogen and oxygen atoms in total. The predicted octanol–water partition coefficient (Wildman–Crippen LogP) is 3.46. The van der Waals surface area contributed by atoms with E-state index in [1.54, 1.807) is 0 Å². The number of nitrogens with zero attached hydrogens (tertiary/aromatic N) is 1. The highest BCUT2D eigenvalue weighted by atomic mass is 15.1. The van der Waals surface area contributed by atoms with Crippen molar-refractivity contribution in [2.45, 2.75) is 33.9 Å². The fourth-order valence-corrected chi connectivity index (χ4v) is 3.19. The van der Waals surface area contributed by atoms with Gasteiger partial charge in [0.1, 0.15) is 6.17 Å². The number of benzene rings is 1. The number of allylic oxidation sites excluding steroid dienone is 1. The zero-order chi connectivity index (χ0) is 13.7. The lowest BCUT2D eigenvalue weighted by atomic mass is 9.81. The summed E-state index contributed by atoms with van der Waals surface area (Å²) in [6.45, 7) is 8.29. The molecular formula is C16H19N3. The molecule has 98 valence electrons. The standard InChI is InChI=1S/C16H19N3/c1-8-5-10(3)15-12(6-8)14(17)13-9(2)7-11(4)18-16(13)19-15/h5-7,13,16-17,19H,1-4H3. The summed E-state index contributed by atoms with van der Waals surface area (Å²) in [6, 6.07) is 4.26. The Morgan fingerprint density at radius 1 is 1.16 bits per heavy atom. The van der Waals surface area contributed by atoms with Gasteiger partial charge in [-0.05, 0) is 45.4 Å².